The maximum atomic E-state index is 12.2. The lowest BCUT2D eigenvalue weighted by molar-refractivity contribution is 0.0954. The average molecular weight is 571 g/mol. The number of hydrogen-bond acceptors (Lipinski definition) is 3. The normalized spacial score (nSPS) is 11.0. The van der Waals surface area contributed by atoms with Crippen LogP contribution >= 0.6 is 55.1 Å². The van der Waals surface area contributed by atoms with Crippen molar-refractivity contribution in [1.29, 1.82) is 0 Å². The molecule has 30 heavy (non-hydrogen) atoms. The van der Waals surface area contributed by atoms with E-state index in [2.05, 4.69) is 42.4 Å². The van der Waals surface area contributed by atoms with Gasteiger partial charge in [-0.25, -0.2) is 5.43 Å². The summed E-state index contributed by atoms with van der Waals surface area (Å²) in [5, 5.41) is 5.17. The Balaban J connectivity index is 1.67. The first-order valence-corrected chi connectivity index (χ1v) is 11.1. The summed E-state index contributed by atoms with van der Waals surface area (Å²) < 4.78 is 7.37. The molecule has 0 saturated carbocycles. The second-order valence-electron chi connectivity index (χ2n) is 6.35. The van der Waals surface area contributed by atoms with Crippen molar-refractivity contribution in [2.75, 3.05) is 0 Å². The van der Waals surface area contributed by atoms with Crippen LogP contribution in [0.5, 0.6) is 5.75 Å². The van der Waals surface area contributed by atoms with Gasteiger partial charge in [-0.2, -0.15) is 5.10 Å². The Hall–Kier alpha value is -1.86. The van der Waals surface area contributed by atoms with Gasteiger partial charge in [0.25, 0.3) is 5.91 Å². The smallest absolute Gasteiger partial charge is 0.271 e. The molecular formula is C22H16Br2Cl2N2O2. The van der Waals surface area contributed by atoms with Gasteiger partial charge in [-0.15, -0.1) is 0 Å². The predicted octanol–water partition coefficient (Wildman–Crippen LogP) is 7.17. The summed E-state index contributed by atoms with van der Waals surface area (Å²) in [4.78, 5) is 12.2. The summed E-state index contributed by atoms with van der Waals surface area (Å²) in [6.45, 7) is 2.16. The molecule has 0 aliphatic heterocycles. The Morgan fingerprint density at radius 3 is 2.47 bits per heavy atom. The van der Waals surface area contributed by atoms with Gasteiger partial charge in [0.05, 0.1) is 15.2 Å². The summed E-state index contributed by atoms with van der Waals surface area (Å²) >= 11 is 19.1. The molecule has 0 heterocycles. The van der Waals surface area contributed by atoms with Crippen LogP contribution in [0.4, 0.5) is 0 Å². The molecule has 4 nitrogen and oxygen atoms in total. The first kappa shape index (κ1) is 22.8. The van der Waals surface area contributed by atoms with Gasteiger partial charge in [-0.3, -0.25) is 4.79 Å². The molecule has 0 unspecified atom stereocenters. The summed E-state index contributed by atoms with van der Waals surface area (Å²) in [5.74, 6) is 0.365. The summed E-state index contributed by atoms with van der Waals surface area (Å²) in [6, 6.07) is 16.3. The number of hydrazone groups is 1. The van der Waals surface area contributed by atoms with Crippen molar-refractivity contribution in [3.05, 3.63) is 95.8 Å². The van der Waals surface area contributed by atoms with E-state index in [1.54, 1.807) is 24.4 Å². The number of rotatable bonds is 6. The average Bonchev–Trinajstić information content (AvgIpc) is 2.69. The van der Waals surface area contributed by atoms with E-state index in [0.29, 0.717) is 21.4 Å². The van der Waals surface area contributed by atoms with E-state index in [4.69, 9.17) is 27.9 Å². The van der Waals surface area contributed by atoms with Crippen molar-refractivity contribution in [3.63, 3.8) is 0 Å². The first-order valence-electron chi connectivity index (χ1n) is 8.80. The third-order valence-electron chi connectivity index (χ3n) is 4.18. The standard InChI is InChI=1S/C22H16Br2Cl2N2O2/c1-13-4-2-3-5-17(13)22(29)28-27-11-14-8-18(23)21(19(24)9-14)30-12-15-6-7-16(25)10-20(15)26/h2-11H,12H2,1H3,(H,28,29)/b27-11+. The highest BCUT2D eigenvalue weighted by molar-refractivity contribution is 9.11. The van der Waals surface area contributed by atoms with Gasteiger partial charge < -0.3 is 4.74 Å². The molecule has 1 amide bonds. The van der Waals surface area contributed by atoms with Crippen LogP contribution in [0.15, 0.2) is 68.6 Å². The zero-order valence-corrected chi connectivity index (χ0v) is 20.4. The molecule has 0 bridgehead atoms. The van der Waals surface area contributed by atoms with Gasteiger partial charge in [-0.1, -0.05) is 47.5 Å². The lowest BCUT2D eigenvalue weighted by Crippen LogP contribution is -2.18. The molecule has 154 valence electrons. The number of ether oxygens (including phenoxy) is 1. The molecule has 0 spiro atoms. The SMILES string of the molecule is Cc1ccccc1C(=O)N/N=C/c1cc(Br)c(OCc2ccc(Cl)cc2Cl)c(Br)c1. The van der Waals surface area contributed by atoms with Crippen LogP contribution in [0.1, 0.15) is 27.0 Å². The summed E-state index contributed by atoms with van der Waals surface area (Å²) in [5.41, 5.74) is 5.61. The minimum Gasteiger partial charge on any atom is -0.486 e. The Kier molecular flexibility index (Phi) is 7.94. The van der Waals surface area contributed by atoms with Crippen molar-refractivity contribution in [3.8, 4) is 5.75 Å². The molecule has 3 aromatic rings. The molecule has 1 N–H and O–H groups in total. The zero-order valence-electron chi connectivity index (χ0n) is 15.8. The van der Waals surface area contributed by atoms with Gasteiger partial charge in [-0.05, 0) is 80.2 Å². The molecule has 0 aromatic heterocycles. The fourth-order valence-electron chi connectivity index (χ4n) is 2.63. The maximum absolute atomic E-state index is 12.2. The van der Waals surface area contributed by atoms with E-state index < -0.39 is 0 Å². The Morgan fingerprint density at radius 2 is 1.80 bits per heavy atom. The second kappa shape index (κ2) is 10.4. The molecule has 0 aliphatic rings. The van der Waals surface area contributed by atoms with E-state index in [-0.39, 0.29) is 12.5 Å². The Morgan fingerprint density at radius 1 is 1.10 bits per heavy atom. The molecular weight excluding hydrogens is 555 g/mol. The van der Waals surface area contributed by atoms with E-state index in [9.17, 15) is 4.79 Å². The van der Waals surface area contributed by atoms with Crippen molar-refractivity contribution >= 4 is 67.2 Å². The number of amides is 1. The zero-order chi connectivity index (χ0) is 21.7. The summed E-state index contributed by atoms with van der Waals surface area (Å²) in [6.07, 6.45) is 1.56. The van der Waals surface area contributed by atoms with Gasteiger partial charge in [0.15, 0.2) is 0 Å². The van der Waals surface area contributed by atoms with Gasteiger partial charge in [0, 0.05) is 21.2 Å². The van der Waals surface area contributed by atoms with E-state index in [1.807, 2.05) is 43.3 Å². The number of nitrogens with one attached hydrogen (secondary N) is 1. The number of benzene rings is 3. The van der Waals surface area contributed by atoms with Gasteiger partial charge >= 0.3 is 0 Å². The maximum Gasteiger partial charge on any atom is 0.271 e. The van der Waals surface area contributed by atoms with Crippen molar-refractivity contribution in [1.82, 2.24) is 5.43 Å². The second-order valence-corrected chi connectivity index (χ2v) is 8.90. The van der Waals surface area contributed by atoms with Crippen molar-refractivity contribution in [2.24, 2.45) is 5.10 Å². The highest BCUT2D eigenvalue weighted by Crippen LogP contribution is 2.35. The topological polar surface area (TPSA) is 50.7 Å². The summed E-state index contributed by atoms with van der Waals surface area (Å²) in [7, 11) is 0. The van der Waals surface area contributed by atoms with Gasteiger partial charge in [0.1, 0.15) is 12.4 Å². The number of halogens is 4. The van der Waals surface area contributed by atoms with Gasteiger partial charge in [0.2, 0.25) is 0 Å². The third-order valence-corrected chi connectivity index (χ3v) is 5.94. The molecule has 0 aliphatic carbocycles. The number of aryl methyl sites for hydroxylation is 1. The minimum absolute atomic E-state index is 0.262. The number of carbonyl (C=O) groups is 1. The van der Waals surface area contributed by atoms with Crippen LogP contribution in [-0.2, 0) is 6.61 Å². The van der Waals surface area contributed by atoms with Crippen LogP contribution in [0.3, 0.4) is 0 Å². The Bertz CT molecular complexity index is 1100. The fourth-order valence-corrected chi connectivity index (χ4v) is 4.55. The number of hydrogen-bond donors (Lipinski definition) is 1. The first-order chi connectivity index (χ1) is 14.3. The largest absolute Gasteiger partial charge is 0.486 e. The molecule has 0 atom stereocenters. The molecule has 3 rings (SSSR count). The third kappa shape index (κ3) is 5.85. The quantitative estimate of drug-likeness (QED) is 0.252. The molecule has 0 saturated heterocycles. The van der Waals surface area contributed by atoms with Crippen LogP contribution in [0.2, 0.25) is 10.0 Å². The highest BCUT2D eigenvalue weighted by Gasteiger charge is 2.11. The fraction of sp³-hybridized carbons (Fsp3) is 0.0909. The van der Waals surface area contributed by atoms with E-state index in [1.165, 1.54) is 0 Å². The minimum atomic E-state index is -0.262. The van der Waals surface area contributed by atoms with Crippen LogP contribution in [0.25, 0.3) is 0 Å². The number of nitrogens with zero attached hydrogens (tertiary/aromatic N) is 1. The molecule has 0 radical (unpaired) electrons. The van der Waals surface area contributed by atoms with Crippen molar-refractivity contribution < 1.29 is 9.53 Å². The molecule has 3 aromatic carbocycles. The lowest BCUT2D eigenvalue weighted by Gasteiger charge is -2.12. The number of carbonyl (C=O) groups excluding carboxylic acids is 1. The molecule has 8 heteroatoms. The predicted molar refractivity (Wildman–Crippen MR) is 129 cm³/mol. The monoisotopic (exact) mass is 568 g/mol. The van der Waals surface area contributed by atoms with Crippen LogP contribution < -0.4 is 10.2 Å². The van der Waals surface area contributed by atoms with Crippen molar-refractivity contribution in [2.45, 2.75) is 13.5 Å². The highest BCUT2D eigenvalue weighted by atomic mass is 79.9. The Labute approximate surface area is 201 Å². The van der Waals surface area contributed by atoms with E-state index in [0.717, 1.165) is 25.6 Å². The van der Waals surface area contributed by atoms with Crippen LogP contribution in [-0.4, -0.2) is 12.1 Å². The van der Waals surface area contributed by atoms with Crippen LogP contribution in [0, 0.1) is 6.92 Å². The lowest BCUT2D eigenvalue weighted by atomic mass is 10.1. The molecule has 0 fully saturated rings. The van der Waals surface area contributed by atoms with E-state index >= 15 is 0 Å².